The lowest BCUT2D eigenvalue weighted by Gasteiger charge is -2.36. The van der Waals surface area contributed by atoms with E-state index in [0.717, 1.165) is 16.2 Å². The molecule has 0 bridgehead atoms. The predicted molar refractivity (Wildman–Crippen MR) is 93.1 cm³/mol. The summed E-state index contributed by atoms with van der Waals surface area (Å²) >= 11 is 1.47. The standard InChI is InChI=1S/C18H19N3O2S/c1-23-15-6-4-14(5-7-15)16(13-19)20-8-10-21(11-9-20)18(22)17-3-2-12-24-17/h2-7,12,16H,8-11H2,1H3. The van der Waals surface area contributed by atoms with E-state index in [9.17, 15) is 10.1 Å². The van der Waals surface area contributed by atoms with Gasteiger partial charge in [-0.05, 0) is 29.1 Å². The molecule has 0 spiro atoms. The number of hydrogen-bond acceptors (Lipinski definition) is 5. The average molecular weight is 341 g/mol. The number of hydrogen-bond donors (Lipinski definition) is 0. The fourth-order valence-electron chi connectivity index (χ4n) is 2.89. The maximum Gasteiger partial charge on any atom is 0.264 e. The summed E-state index contributed by atoms with van der Waals surface area (Å²) in [5.41, 5.74) is 0.955. The van der Waals surface area contributed by atoms with Crippen molar-refractivity contribution in [1.82, 2.24) is 9.80 Å². The fraction of sp³-hybridized carbons (Fsp3) is 0.333. The fourth-order valence-corrected chi connectivity index (χ4v) is 3.58. The molecule has 2 heterocycles. The summed E-state index contributed by atoms with van der Waals surface area (Å²) in [7, 11) is 1.63. The van der Waals surface area contributed by atoms with Gasteiger partial charge in [0, 0.05) is 26.2 Å². The first kappa shape index (κ1) is 16.5. The SMILES string of the molecule is COc1ccc(C(C#N)N2CCN(C(=O)c3cccs3)CC2)cc1. The van der Waals surface area contributed by atoms with Crippen LogP contribution in [0.5, 0.6) is 5.75 Å². The number of piperazine rings is 1. The lowest BCUT2D eigenvalue weighted by atomic mass is 10.1. The maximum atomic E-state index is 12.4. The summed E-state index contributed by atoms with van der Waals surface area (Å²) in [6.07, 6.45) is 0. The number of carbonyl (C=O) groups excluding carboxylic acids is 1. The molecule has 124 valence electrons. The molecule has 0 aliphatic carbocycles. The quantitative estimate of drug-likeness (QED) is 0.858. The highest BCUT2D eigenvalue weighted by molar-refractivity contribution is 7.12. The summed E-state index contributed by atoms with van der Waals surface area (Å²) in [5.74, 6) is 0.865. The number of rotatable bonds is 4. The smallest absolute Gasteiger partial charge is 0.264 e. The number of ether oxygens (including phenoxy) is 1. The van der Waals surface area contributed by atoms with Gasteiger partial charge in [0.2, 0.25) is 0 Å². The number of thiophene rings is 1. The van der Waals surface area contributed by atoms with Crippen LogP contribution in [0.4, 0.5) is 0 Å². The van der Waals surface area contributed by atoms with Crippen LogP contribution in [0.15, 0.2) is 41.8 Å². The molecule has 1 aliphatic heterocycles. The van der Waals surface area contributed by atoms with E-state index in [0.29, 0.717) is 26.2 Å². The minimum absolute atomic E-state index is 0.0857. The van der Waals surface area contributed by atoms with Crippen LogP contribution in [0.1, 0.15) is 21.3 Å². The van der Waals surface area contributed by atoms with Gasteiger partial charge in [0.15, 0.2) is 0 Å². The Morgan fingerprint density at radius 3 is 2.46 bits per heavy atom. The van der Waals surface area contributed by atoms with Crippen LogP contribution < -0.4 is 4.74 Å². The van der Waals surface area contributed by atoms with E-state index in [-0.39, 0.29) is 11.9 Å². The van der Waals surface area contributed by atoms with Crippen LogP contribution in [0.25, 0.3) is 0 Å². The Labute approximate surface area is 145 Å². The molecule has 6 heteroatoms. The number of carbonyl (C=O) groups is 1. The topological polar surface area (TPSA) is 56.6 Å². The van der Waals surface area contributed by atoms with E-state index in [1.54, 1.807) is 7.11 Å². The molecule has 1 unspecified atom stereocenters. The highest BCUT2D eigenvalue weighted by Crippen LogP contribution is 2.24. The molecule has 3 rings (SSSR count). The minimum atomic E-state index is -0.296. The molecule has 1 atom stereocenters. The van der Waals surface area contributed by atoms with Gasteiger partial charge in [-0.1, -0.05) is 18.2 Å². The van der Waals surface area contributed by atoms with Gasteiger partial charge >= 0.3 is 0 Å². The van der Waals surface area contributed by atoms with Crippen LogP contribution in [0, 0.1) is 11.3 Å². The van der Waals surface area contributed by atoms with Crippen molar-refractivity contribution < 1.29 is 9.53 Å². The molecule has 0 saturated carbocycles. The Hall–Kier alpha value is -2.36. The normalized spacial score (nSPS) is 16.4. The molecule has 0 N–H and O–H groups in total. The summed E-state index contributed by atoms with van der Waals surface area (Å²) in [6.45, 7) is 2.68. The second kappa shape index (κ2) is 7.47. The van der Waals surface area contributed by atoms with Crippen LogP contribution in [0.3, 0.4) is 0 Å². The van der Waals surface area contributed by atoms with E-state index in [4.69, 9.17) is 4.74 Å². The van der Waals surface area contributed by atoms with E-state index in [1.807, 2.05) is 46.7 Å². The van der Waals surface area contributed by atoms with E-state index in [1.165, 1.54) is 11.3 Å². The van der Waals surface area contributed by atoms with Crippen LogP contribution in [-0.2, 0) is 0 Å². The Morgan fingerprint density at radius 1 is 1.21 bits per heavy atom. The van der Waals surface area contributed by atoms with Gasteiger partial charge in [-0.2, -0.15) is 5.26 Å². The van der Waals surface area contributed by atoms with Crippen molar-refractivity contribution in [2.45, 2.75) is 6.04 Å². The van der Waals surface area contributed by atoms with Gasteiger partial charge in [-0.25, -0.2) is 0 Å². The molecular weight excluding hydrogens is 322 g/mol. The van der Waals surface area contributed by atoms with E-state index >= 15 is 0 Å². The lowest BCUT2D eigenvalue weighted by Crippen LogP contribution is -2.49. The van der Waals surface area contributed by atoms with Crippen LogP contribution >= 0.6 is 11.3 Å². The monoisotopic (exact) mass is 341 g/mol. The molecule has 2 aromatic rings. The van der Waals surface area contributed by atoms with Crippen molar-refractivity contribution in [3.8, 4) is 11.8 Å². The Morgan fingerprint density at radius 2 is 1.92 bits per heavy atom. The summed E-state index contributed by atoms with van der Waals surface area (Å²) in [4.78, 5) is 17.2. The van der Waals surface area contributed by atoms with Gasteiger partial charge in [-0.15, -0.1) is 11.3 Å². The average Bonchev–Trinajstić information content (AvgIpc) is 3.17. The molecular formula is C18H19N3O2S. The summed E-state index contributed by atoms with van der Waals surface area (Å²) < 4.78 is 5.16. The zero-order valence-corrected chi connectivity index (χ0v) is 14.3. The van der Waals surface area contributed by atoms with Crippen LogP contribution in [0.2, 0.25) is 0 Å². The van der Waals surface area contributed by atoms with Gasteiger partial charge in [-0.3, -0.25) is 9.69 Å². The number of amides is 1. The number of methoxy groups -OCH3 is 1. The maximum absolute atomic E-state index is 12.4. The second-order valence-corrected chi connectivity index (χ2v) is 6.56. The van der Waals surface area contributed by atoms with Crippen LogP contribution in [-0.4, -0.2) is 49.0 Å². The molecule has 24 heavy (non-hydrogen) atoms. The van der Waals surface area contributed by atoms with Crippen molar-refractivity contribution >= 4 is 17.2 Å². The minimum Gasteiger partial charge on any atom is -0.497 e. The number of nitrogens with zero attached hydrogens (tertiary/aromatic N) is 3. The highest BCUT2D eigenvalue weighted by Gasteiger charge is 2.27. The Kier molecular flexibility index (Phi) is 5.14. The number of nitriles is 1. The summed E-state index contributed by atoms with van der Waals surface area (Å²) in [6, 6.07) is 13.4. The third-order valence-corrected chi connectivity index (χ3v) is 5.11. The van der Waals surface area contributed by atoms with E-state index < -0.39 is 0 Å². The van der Waals surface area contributed by atoms with Crippen molar-refractivity contribution in [1.29, 1.82) is 5.26 Å². The second-order valence-electron chi connectivity index (χ2n) is 5.61. The third kappa shape index (κ3) is 3.42. The molecule has 1 amide bonds. The molecule has 0 radical (unpaired) electrons. The highest BCUT2D eigenvalue weighted by atomic mass is 32.1. The first-order chi connectivity index (χ1) is 11.7. The number of benzene rings is 1. The molecule has 1 aromatic heterocycles. The predicted octanol–water partition coefficient (Wildman–Crippen LogP) is 2.78. The van der Waals surface area contributed by atoms with Gasteiger partial charge < -0.3 is 9.64 Å². The molecule has 1 fully saturated rings. The molecule has 1 aliphatic rings. The first-order valence-corrected chi connectivity index (χ1v) is 8.71. The third-order valence-electron chi connectivity index (χ3n) is 4.25. The molecule has 1 saturated heterocycles. The van der Waals surface area contributed by atoms with E-state index in [2.05, 4.69) is 11.0 Å². The van der Waals surface area contributed by atoms with Crippen molar-refractivity contribution in [3.63, 3.8) is 0 Å². The van der Waals surface area contributed by atoms with Gasteiger partial charge in [0.25, 0.3) is 5.91 Å². The largest absolute Gasteiger partial charge is 0.497 e. The Bertz CT molecular complexity index is 714. The van der Waals surface area contributed by atoms with Crippen molar-refractivity contribution in [3.05, 3.63) is 52.2 Å². The van der Waals surface area contributed by atoms with Gasteiger partial charge in [0.05, 0.1) is 18.1 Å². The zero-order valence-electron chi connectivity index (χ0n) is 13.5. The van der Waals surface area contributed by atoms with Crippen molar-refractivity contribution in [2.75, 3.05) is 33.3 Å². The zero-order chi connectivity index (χ0) is 16.9. The summed E-state index contributed by atoms with van der Waals surface area (Å²) in [5, 5.41) is 11.5. The van der Waals surface area contributed by atoms with Crippen molar-refractivity contribution in [2.24, 2.45) is 0 Å². The molecule has 1 aromatic carbocycles. The lowest BCUT2D eigenvalue weighted by molar-refractivity contribution is 0.0611. The first-order valence-electron chi connectivity index (χ1n) is 7.83. The Balaban J connectivity index is 1.64. The van der Waals surface area contributed by atoms with Gasteiger partial charge in [0.1, 0.15) is 11.8 Å². The molecule has 5 nitrogen and oxygen atoms in total.